The van der Waals surface area contributed by atoms with Crippen LogP contribution in [0, 0.1) is 0 Å². The van der Waals surface area contributed by atoms with Crippen molar-refractivity contribution in [1.29, 1.82) is 0 Å². The Morgan fingerprint density at radius 2 is 2.09 bits per heavy atom. The number of rotatable bonds is 0. The molecule has 0 aromatic rings. The van der Waals surface area contributed by atoms with Gasteiger partial charge >= 0.3 is 0 Å². The second-order valence-corrected chi connectivity index (χ2v) is 2.84. The molecule has 0 aromatic carbocycles. The molecule has 0 unspecified atom stereocenters. The van der Waals surface area contributed by atoms with Crippen LogP contribution in [0.2, 0.25) is 0 Å². The smallest absolute Gasteiger partial charge is 0.274 e. The van der Waals surface area contributed by atoms with Crippen molar-refractivity contribution in [1.82, 2.24) is 4.90 Å². The number of carbonyl (C=O) groups excluding carboxylic acids is 3. The number of amides is 3. The maximum absolute atomic E-state index is 10.9. The van der Waals surface area contributed by atoms with Gasteiger partial charge in [0, 0.05) is 13.0 Å². The van der Waals surface area contributed by atoms with Gasteiger partial charge in [0.05, 0.1) is 4.48 Å². The van der Waals surface area contributed by atoms with Crippen molar-refractivity contribution in [3.05, 3.63) is 10.6 Å². The van der Waals surface area contributed by atoms with E-state index in [1.54, 1.807) is 0 Å². The van der Waals surface area contributed by atoms with Crippen LogP contribution in [0.4, 0.5) is 0 Å². The second kappa shape index (κ2) is 2.58. The number of carbonyl (C=O) groups is 3. The predicted octanol–water partition coefficient (Wildman–Crippen LogP) is 0.181. The molecule has 1 heterocycles. The zero-order valence-electron chi connectivity index (χ0n) is 5.63. The van der Waals surface area contributed by atoms with Crippen LogP contribution in [-0.4, -0.2) is 22.6 Å². The molecule has 0 atom stereocenters. The first kappa shape index (κ1) is 8.13. The Morgan fingerprint density at radius 1 is 1.55 bits per heavy atom. The highest BCUT2D eigenvalue weighted by Crippen LogP contribution is 2.17. The largest absolute Gasteiger partial charge is 0.274 e. The highest BCUT2D eigenvalue weighted by molar-refractivity contribution is 9.12. The van der Waals surface area contributed by atoms with E-state index in [-0.39, 0.29) is 4.48 Å². The number of imide groups is 3. The molecule has 5 heteroatoms. The Bertz CT molecular complexity index is 282. The molecule has 58 valence electrons. The van der Waals surface area contributed by atoms with Crippen molar-refractivity contribution >= 4 is 33.7 Å². The quantitative estimate of drug-likeness (QED) is 0.545. The average Bonchev–Trinajstić information content (AvgIpc) is 2.07. The van der Waals surface area contributed by atoms with Crippen molar-refractivity contribution in [3.8, 4) is 0 Å². The summed E-state index contributed by atoms with van der Waals surface area (Å²) in [5.74, 6) is -1.75. The molecular formula is C6H4BrNO3. The minimum Gasteiger partial charge on any atom is -0.274 e. The third-order valence-electron chi connectivity index (χ3n) is 1.19. The molecule has 0 fully saturated rings. The molecular weight excluding hydrogens is 214 g/mol. The van der Waals surface area contributed by atoms with Gasteiger partial charge in [-0.1, -0.05) is 0 Å². The highest BCUT2D eigenvalue weighted by Gasteiger charge is 2.32. The third-order valence-corrected chi connectivity index (χ3v) is 1.76. The van der Waals surface area contributed by atoms with Gasteiger partial charge < -0.3 is 0 Å². The standard InChI is InChI=1S/C6H4BrNO3/c1-3(9)8-5(10)2-4(7)6(8)11/h2H,1H3. The minimum atomic E-state index is -0.595. The maximum atomic E-state index is 10.9. The summed E-state index contributed by atoms with van der Waals surface area (Å²) in [6, 6.07) is 0. The first-order valence-corrected chi connectivity index (χ1v) is 3.59. The zero-order valence-corrected chi connectivity index (χ0v) is 7.21. The SMILES string of the molecule is CC(=O)N1C(=O)C=C(Br)C1=O. The molecule has 1 aliphatic heterocycles. The van der Waals surface area contributed by atoms with Gasteiger partial charge in [0.25, 0.3) is 11.8 Å². The van der Waals surface area contributed by atoms with Crippen LogP contribution >= 0.6 is 15.9 Å². The summed E-state index contributed by atoms with van der Waals surface area (Å²) in [6.07, 6.45) is 1.07. The Morgan fingerprint density at radius 3 is 2.27 bits per heavy atom. The van der Waals surface area contributed by atoms with E-state index in [9.17, 15) is 14.4 Å². The van der Waals surface area contributed by atoms with E-state index in [4.69, 9.17) is 0 Å². The Labute approximate surface area is 71.0 Å². The van der Waals surface area contributed by atoms with E-state index in [1.165, 1.54) is 0 Å². The number of halogens is 1. The van der Waals surface area contributed by atoms with Gasteiger partial charge in [0.15, 0.2) is 0 Å². The number of nitrogens with zero attached hydrogens (tertiary/aromatic N) is 1. The molecule has 1 rings (SSSR count). The molecule has 3 amide bonds. The minimum absolute atomic E-state index is 0.123. The third kappa shape index (κ3) is 1.23. The summed E-state index contributed by atoms with van der Waals surface area (Å²) in [7, 11) is 0. The summed E-state index contributed by atoms with van der Waals surface area (Å²) < 4.78 is 0.123. The fraction of sp³-hybridized carbons (Fsp3) is 0.167. The van der Waals surface area contributed by atoms with Gasteiger partial charge in [0.1, 0.15) is 0 Å². The fourth-order valence-electron chi connectivity index (χ4n) is 0.740. The molecule has 0 bridgehead atoms. The van der Waals surface area contributed by atoms with E-state index in [0.717, 1.165) is 13.0 Å². The first-order chi connectivity index (χ1) is 5.04. The Balaban J connectivity index is 2.99. The molecule has 0 aromatic heterocycles. The lowest BCUT2D eigenvalue weighted by Gasteiger charge is -2.06. The van der Waals surface area contributed by atoms with Crippen molar-refractivity contribution in [2.24, 2.45) is 0 Å². The average molecular weight is 218 g/mol. The van der Waals surface area contributed by atoms with Crippen molar-refractivity contribution in [2.45, 2.75) is 6.92 Å². The van der Waals surface area contributed by atoms with Crippen LogP contribution in [0.25, 0.3) is 0 Å². The summed E-state index contributed by atoms with van der Waals surface area (Å²) in [4.78, 5) is 33.0. The monoisotopic (exact) mass is 217 g/mol. The molecule has 1 aliphatic rings. The van der Waals surface area contributed by atoms with Gasteiger partial charge in [-0.2, -0.15) is 0 Å². The molecule has 0 radical (unpaired) electrons. The molecule has 4 nitrogen and oxygen atoms in total. The first-order valence-electron chi connectivity index (χ1n) is 2.80. The maximum Gasteiger partial charge on any atom is 0.274 e. The van der Waals surface area contributed by atoms with Gasteiger partial charge in [0.2, 0.25) is 5.91 Å². The van der Waals surface area contributed by atoms with Crippen LogP contribution in [0.5, 0.6) is 0 Å². The molecule has 0 spiro atoms. The normalized spacial score (nSPS) is 17.3. The molecule has 11 heavy (non-hydrogen) atoms. The van der Waals surface area contributed by atoms with Gasteiger partial charge in [-0.25, -0.2) is 4.90 Å². The molecule has 0 N–H and O–H groups in total. The van der Waals surface area contributed by atoms with Crippen LogP contribution in [0.15, 0.2) is 10.6 Å². The summed E-state index contributed by atoms with van der Waals surface area (Å²) in [5.41, 5.74) is 0. The van der Waals surface area contributed by atoms with E-state index in [1.807, 2.05) is 0 Å². The van der Waals surface area contributed by atoms with Crippen LogP contribution in [0.3, 0.4) is 0 Å². The molecule has 0 saturated heterocycles. The lowest BCUT2D eigenvalue weighted by Crippen LogP contribution is -2.34. The number of hydrogen-bond donors (Lipinski definition) is 0. The lowest BCUT2D eigenvalue weighted by atomic mass is 10.5. The highest BCUT2D eigenvalue weighted by atomic mass is 79.9. The van der Waals surface area contributed by atoms with Gasteiger partial charge in [-0.05, 0) is 15.9 Å². The van der Waals surface area contributed by atoms with E-state index in [0.29, 0.717) is 4.90 Å². The van der Waals surface area contributed by atoms with E-state index < -0.39 is 17.7 Å². The topological polar surface area (TPSA) is 54.5 Å². The van der Waals surface area contributed by atoms with Crippen molar-refractivity contribution < 1.29 is 14.4 Å². The number of hydrogen-bond acceptors (Lipinski definition) is 3. The second-order valence-electron chi connectivity index (χ2n) is 1.99. The summed E-state index contributed by atoms with van der Waals surface area (Å²) in [6.45, 7) is 1.16. The molecule has 0 saturated carbocycles. The summed E-state index contributed by atoms with van der Waals surface area (Å²) >= 11 is 2.85. The van der Waals surface area contributed by atoms with Crippen molar-refractivity contribution in [2.75, 3.05) is 0 Å². The predicted molar refractivity (Wildman–Crippen MR) is 39.5 cm³/mol. The summed E-state index contributed by atoms with van der Waals surface area (Å²) in [5, 5.41) is 0. The van der Waals surface area contributed by atoms with E-state index in [2.05, 4.69) is 15.9 Å². The fourth-order valence-corrected chi connectivity index (χ4v) is 1.11. The van der Waals surface area contributed by atoms with E-state index >= 15 is 0 Å². The van der Waals surface area contributed by atoms with Crippen LogP contribution in [-0.2, 0) is 14.4 Å². The van der Waals surface area contributed by atoms with Gasteiger partial charge in [-0.15, -0.1) is 0 Å². The molecule has 0 aliphatic carbocycles. The lowest BCUT2D eigenvalue weighted by molar-refractivity contribution is -0.147. The van der Waals surface area contributed by atoms with Crippen LogP contribution in [0.1, 0.15) is 6.92 Å². The van der Waals surface area contributed by atoms with Crippen molar-refractivity contribution in [3.63, 3.8) is 0 Å². The van der Waals surface area contributed by atoms with Gasteiger partial charge in [-0.3, -0.25) is 14.4 Å². The Hall–Kier alpha value is -0.970. The van der Waals surface area contributed by atoms with Crippen LogP contribution < -0.4 is 0 Å². The zero-order chi connectivity index (χ0) is 8.59. The Kier molecular flexibility index (Phi) is 1.90.